The fourth-order valence-corrected chi connectivity index (χ4v) is 3.86. The van der Waals surface area contributed by atoms with Crippen LogP contribution in [0.15, 0.2) is 29.2 Å². The summed E-state index contributed by atoms with van der Waals surface area (Å²) in [5, 5.41) is 2.79. The molecule has 1 aromatic rings. The van der Waals surface area contributed by atoms with Gasteiger partial charge < -0.3 is 15.0 Å². The second-order valence-electron chi connectivity index (χ2n) is 7.99. The van der Waals surface area contributed by atoms with E-state index >= 15 is 0 Å². The molecule has 1 atom stereocenters. The highest BCUT2D eigenvalue weighted by molar-refractivity contribution is 7.89. The third-order valence-corrected chi connectivity index (χ3v) is 5.60. The molecule has 1 fully saturated rings. The Morgan fingerprint density at radius 1 is 1.24 bits per heavy atom. The quantitative estimate of drug-likeness (QED) is 0.642. The maximum Gasteiger partial charge on any atom is 0.241 e. The van der Waals surface area contributed by atoms with Crippen molar-refractivity contribution in [3.8, 4) is 0 Å². The summed E-state index contributed by atoms with van der Waals surface area (Å²) < 4.78 is 45.4. The molecule has 2 rings (SSSR count). The van der Waals surface area contributed by atoms with Gasteiger partial charge in [-0.1, -0.05) is 0 Å². The molecule has 8 nitrogen and oxygen atoms in total. The van der Waals surface area contributed by atoms with Gasteiger partial charge in [0, 0.05) is 18.7 Å². The number of rotatable bonds is 8. The molecule has 1 aromatic carbocycles. The van der Waals surface area contributed by atoms with Gasteiger partial charge in [0.1, 0.15) is 5.82 Å². The summed E-state index contributed by atoms with van der Waals surface area (Å²) in [6.07, 6.45) is 1.46. The van der Waals surface area contributed by atoms with Gasteiger partial charge in [0.15, 0.2) is 0 Å². The second-order valence-corrected chi connectivity index (χ2v) is 9.75. The Morgan fingerprint density at radius 2 is 1.90 bits per heavy atom. The number of ether oxygens (including phenoxy) is 1. The third-order valence-electron chi connectivity index (χ3n) is 4.19. The minimum atomic E-state index is -3.99. The number of hydrogen-bond donors (Lipinski definition) is 2. The highest BCUT2D eigenvalue weighted by atomic mass is 32.2. The Labute approximate surface area is 170 Å². The zero-order valence-corrected chi connectivity index (χ0v) is 17.7. The lowest BCUT2D eigenvalue weighted by atomic mass is 10.1. The molecule has 2 N–H and O–H groups in total. The SMILES string of the molecule is CC(C)(C)NC(=O)CN(C[C@@H]1CCCO1)C(=O)CNS(=O)(=O)c1ccc(F)cc1. The van der Waals surface area contributed by atoms with Crippen LogP contribution in [0.5, 0.6) is 0 Å². The molecule has 0 radical (unpaired) electrons. The van der Waals surface area contributed by atoms with E-state index in [0.29, 0.717) is 6.61 Å². The molecule has 10 heteroatoms. The van der Waals surface area contributed by atoms with Crippen LogP contribution in [0, 0.1) is 5.82 Å². The van der Waals surface area contributed by atoms with E-state index in [1.165, 1.54) is 4.90 Å². The Bertz CT molecular complexity index is 815. The molecule has 0 aliphatic carbocycles. The average Bonchev–Trinajstić information content (AvgIpc) is 3.11. The number of carbonyl (C=O) groups excluding carboxylic acids is 2. The van der Waals surface area contributed by atoms with E-state index in [-0.39, 0.29) is 30.0 Å². The molecule has 0 bridgehead atoms. The van der Waals surface area contributed by atoms with E-state index < -0.39 is 33.8 Å². The van der Waals surface area contributed by atoms with E-state index in [4.69, 9.17) is 4.74 Å². The van der Waals surface area contributed by atoms with Crippen molar-refractivity contribution < 1.29 is 27.1 Å². The number of hydrogen-bond acceptors (Lipinski definition) is 5. The molecule has 0 spiro atoms. The summed E-state index contributed by atoms with van der Waals surface area (Å²) >= 11 is 0. The van der Waals surface area contributed by atoms with Crippen molar-refractivity contribution in [1.82, 2.24) is 14.9 Å². The smallest absolute Gasteiger partial charge is 0.241 e. The third kappa shape index (κ3) is 7.71. The topological polar surface area (TPSA) is 105 Å². The number of sulfonamides is 1. The molecule has 1 heterocycles. The number of amides is 2. The first kappa shape index (κ1) is 23.2. The maximum atomic E-state index is 13.0. The summed E-state index contributed by atoms with van der Waals surface area (Å²) in [6, 6.07) is 4.28. The molecular formula is C19H28FN3O5S. The van der Waals surface area contributed by atoms with Crippen LogP contribution in [0.4, 0.5) is 4.39 Å². The predicted octanol–water partition coefficient (Wildman–Crippen LogP) is 1.03. The minimum absolute atomic E-state index is 0.150. The van der Waals surface area contributed by atoms with Gasteiger partial charge in [-0.2, -0.15) is 0 Å². The van der Waals surface area contributed by atoms with Gasteiger partial charge in [0.25, 0.3) is 0 Å². The van der Waals surface area contributed by atoms with Gasteiger partial charge >= 0.3 is 0 Å². The van der Waals surface area contributed by atoms with E-state index in [2.05, 4.69) is 10.0 Å². The molecule has 0 unspecified atom stereocenters. The number of nitrogens with one attached hydrogen (secondary N) is 2. The van der Waals surface area contributed by atoms with Gasteiger partial charge in [0.05, 0.1) is 24.1 Å². The number of halogens is 1. The first-order chi connectivity index (χ1) is 13.5. The lowest BCUT2D eigenvalue weighted by molar-refractivity contribution is -0.137. The van der Waals surface area contributed by atoms with E-state index in [1.807, 2.05) is 20.8 Å². The summed E-state index contributed by atoms with van der Waals surface area (Å²) in [6.45, 7) is 5.56. The molecule has 29 heavy (non-hydrogen) atoms. The Balaban J connectivity index is 2.03. The Kier molecular flexibility index (Phi) is 7.73. The molecule has 0 aromatic heterocycles. The standard InChI is InChI=1S/C19H28FN3O5S/c1-19(2,3)22-17(24)13-23(12-15-5-4-10-28-15)18(25)11-21-29(26,27)16-8-6-14(20)7-9-16/h6-9,15,21H,4-5,10-13H2,1-3H3,(H,22,24)/t15-/m0/s1. The first-order valence-corrected chi connectivity index (χ1v) is 10.9. The van der Waals surface area contributed by atoms with Gasteiger partial charge in [0.2, 0.25) is 21.8 Å². The lowest BCUT2D eigenvalue weighted by Gasteiger charge is -2.27. The normalized spacial score (nSPS) is 17.2. The molecular weight excluding hydrogens is 401 g/mol. The highest BCUT2D eigenvalue weighted by Gasteiger charge is 2.26. The zero-order valence-electron chi connectivity index (χ0n) is 16.9. The van der Waals surface area contributed by atoms with Crippen LogP contribution in [-0.4, -0.2) is 63.0 Å². The Hall–Kier alpha value is -2.04. The molecule has 1 aliphatic rings. The highest BCUT2D eigenvalue weighted by Crippen LogP contribution is 2.14. The first-order valence-electron chi connectivity index (χ1n) is 9.42. The van der Waals surface area contributed by atoms with Crippen molar-refractivity contribution in [2.75, 3.05) is 26.2 Å². The fraction of sp³-hybridized carbons (Fsp3) is 0.579. The number of benzene rings is 1. The molecule has 2 amide bonds. The maximum absolute atomic E-state index is 13.0. The fourth-order valence-electron chi connectivity index (χ4n) is 2.89. The van der Waals surface area contributed by atoms with Crippen LogP contribution in [-0.2, 0) is 24.3 Å². The lowest BCUT2D eigenvalue weighted by Crippen LogP contribution is -2.50. The number of carbonyl (C=O) groups is 2. The van der Waals surface area contributed by atoms with Crippen molar-refractivity contribution in [1.29, 1.82) is 0 Å². The van der Waals surface area contributed by atoms with Crippen molar-refractivity contribution in [3.63, 3.8) is 0 Å². The van der Waals surface area contributed by atoms with Crippen LogP contribution in [0.25, 0.3) is 0 Å². The van der Waals surface area contributed by atoms with Gasteiger partial charge in [-0.3, -0.25) is 9.59 Å². The predicted molar refractivity (Wildman–Crippen MR) is 105 cm³/mol. The summed E-state index contributed by atoms with van der Waals surface area (Å²) in [4.78, 5) is 26.1. The number of nitrogens with zero attached hydrogens (tertiary/aromatic N) is 1. The van der Waals surface area contributed by atoms with Crippen LogP contribution in [0.2, 0.25) is 0 Å². The average molecular weight is 430 g/mol. The van der Waals surface area contributed by atoms with Crippen molar-refractivity contribution in [2.45, 2.75) is 50.2 Å². The molecule has 1 saturated heterocycles. The zero-order chi connectivity index (χ0) is 21.7. The van der Waals surface area contributed by atoms with E-state index in [9.17, 15) is 22.4 Å². The molecule has 1 aliphatic heterocycles. The van der Waals surface area contributed by atoms with Gasteiger partial charge in [-0.05, 0) is 57.9 Å². The van der Waals surface area contributed by atoms with Gasteiger partial charge in [-0.25, -0.2) is 17.5 Å². The summed E-state index contributed by atoms with van der Waals surface area (Å²) in [5.74, 6) is -1.45. The van der Waals surface area contributed by atoms with Crippen molar-refractivity contribution >= 4 is 21.8 Å². The van der Waals surface area contributed by atoms with Crippen molar-refractivity contribution in [3.05, 3.63) is 30.1 Å². The van der Waals surface area contributed by atoms with E-state index in [0.717, 1.165) is 37.1 Å². The Morgan fingerprint density at radius 3 is 2.45 bits per heavy atom. The molecule has 0 saturated carbocycles. The monoisotopic (exact) mass is 429 g/mol. The minimum Gasteiger partial charge on any atom is -0.376 e. The van der Waals surface area contributed by atoms with Gasteiger partial charge in [-0.15, -0.1) is 0 Å². The van der Waals surface area contributed by atoms with Crippen LogP contribution < -0.4 is 10.0 Å². The summed E-state index contributed by atoms with van der Waals surface area (Å²) in [5.41, 5.74) is -0.459. The van der Waals surface area contributed by atoms with E-state index in [1.54, 1.807) is 0 Å². The summed E-state index contributed by atoms with van der Waals surface area (Å²) in [7, 11) is -3.99. The molecule has 162 valence electrons. The van der Waals surface area contributed by atoms with Crippen LogP contribution in [0.1, 0.15) is 33.6 Å². The van der Waals surface area contributed by atoms with Crippen LogP contribution >= 0.6 is 0 Å². The van der Waals surface area contributed by atoms with Crippen LogP contribution in [0.3, 0.4) is 0 Å². The largest absolute Gasteiger partial charge is 0.376 e. The van der Waals surface area contributed by atoms with Crippen molar-refractivity contribution in [2.24, 2.45) is 0 Å². The second kappa shape index (κ2) is 9.64.